The summed E-state index contributed by atoms with van der Waals surface area (Å²) >= 11 is 0. The van der Waals surface area contributed by atoms with E-state index in [9.17, 15) is 0 Å². The van der Waals surface area contributed by atoms with Gasteiger partial charge in [0, 0.05) is 48.2 Å². The third kappa shape index (κ3) is 8.96. The molecule has 29 valence electrons. The summed E-state index contributed by atoms with van der Waals surface area (Å²) in [6, 6.07) is 0. The van der Waals surface area contributed by atoms with Crippen LogP contribution >= 0.6 is 0 Å². The van der Waals surface area contributed by atoms with Crippen molar-refractivity contribution in [3.8, 4) is 0 Å². The predicted octanol–water partition coefficient (Wildman–Crippen LogP) is -0.124. The van der Waals surface area contributed by atoms with E-state index in [0.29, 0.717) is 0 Å². The van der Waals surface area contributed by atoms with Crippen LogP contribution in [-0.2, 0) is 39.6 Å². The molecule has 0 aliphatic heterocycles. The Balaban J connectivity index is 0. The summed E-state index contributed by atoms with van der Waals surface area (Å²) in [6.07, 6.45) is 0. The van der Waals surface area contributed by atoms with Crippen molar-refractivity contribution in [2.45, 2.75) is 0 Å². The molecule has 0 aromatic heterocycles. The number of hydrogen-bond acceptors (Lipinski definition) is 0. The molecule has 0 atom stereocenters. The van der Waals surface area contributed by atoms with Gasteiger partial charge >= 0.3 is 17.1 Å². The van der Waals surface area contributed by atoms with Crippen LogP contribution in [-0.4, -0.2) is 0 Å². The molecule has 0 saturated carbocycles. The van der Waals surface area contributed by atoms with Gasteiger partial charge in [-0.3, -0.25) is 0 Å². The van der Waals surface area contributed by atoms with Gasteiger partial charge < -0.3 is 5.48 Å². The SMILES string of the molecule is [Cu+2].[Fe].[O-2].[U]. The van der Waals surface area contributed by atoms with Gasteiger partial charge in [-0.1, -0.05) is 0 Å². The van der Waals surface area contributed by atoms with Crippen molar-refractivity contribution >= 4 is 0 Å². The van der Waals surface area contributed by atoms with Crippen LogP contribution in [0, 0.1) is 31.1 Å². The molecule has 4 heavy (non-hydrogen) atoms. The Morgan fingerprint density at radius 1 is 1.00 bits per heavy atom. The predicted molar refractivity (Wildman–Crippen MR) is 0.686 cm³/mol. The summed E-state index contributed by atoms with van der Waals surface area (Å²) in [5.74, 6) is 0. The van der Waals surface area contributed by atoms with Crippen molar-refractivity contribution in [3.63, 3.8) is 0 Å². The van der Waals surface area contributed by atoms with E-state index in [1.54, 1.807) is 0 Å². The van der Waals surface area contributed by atoms with Crippen LogP contribution in [0.5, 0.6) is 0 Å². The van der Waals surface area contributed by atoms with Gasteiger partial charge in [0.25, 0.3) is 0 Å². The standard InChI is InChI=1S/Cu.Fe.O.U/q+2;;-2;. The summed E-state index contributed by atoms with van der Waals surface area (Å²) < 4.78 is 0. The molecule has 0 rings (SSSR count). The van der Waals surface area contributed by atoms with Crippen LogP contribution in [0.15, 0.2) is 0 Å². The summed E-state index contributed by atoms with van der Waals surface area (Å²) in [5.41, 5.74) is 0. The van der Waals surface area contributed by atoms with Crippen LogP contribution in [0.4, 0.5) is 0 Å². The molecule has 0 unspecified atom stereocenters. The molecule has 4 heteroatoms. The maximum absolute atomic E-state index is 0. The first-order chi connectivity index (χ1) is 0. The molecule has 0 bridgehead atoms. The fourth-order valence-electron chi connectivity index (χ4n) is 0. The molecular weight excluding hydrogens is 373 g/mol. The van der Waals surface area contributed by atoms with Crippen molar-refractivity contribution in [2.24, 2.45) is 0 Å². The van der Waals surface area contributed by atoms with Crippen molar-refractivity contribution in [2.75, 3.05) is 0 Å². The summed E-state index contributed by atoms with van der Waals surface area (Å²) in [5, 5.41) is 0. The van der Waals surface area contributed by atoms with Gasteiger partial charge in [-0.05, 0) is 0 Å². The normalized spacial score (nSPS) is 0. The Morgan fingerprint density at radius 3 is 1.00 bits per heavy atom. The van der Waals surface area contributed by atoms with E-state index in [-0.39, 0.29) is 70.7 Å². The number of hydrogen-bond donors (Lipinski definition) is 0. The molecule has 1 radical (unpaired) electrons. The van der Waals surface area contributed by atoms with Crippen molar-refractivity contribution in [3.05, 3.63) is 0 Å². The molecule has 0 fully saturated rings. The Kier molecular flexibility index (Phi) is 181. The zero-order chi connectivity index (χ0) is 0. The van der Waals surface area contributed by atoms with E-state index in [4.69, 9.17) is 0 Å². The first kappa shape index (κ1) is 36.7. The molecule has 0 aromatic carbocycles. The summed E-state index contributed by atoms with van der Waals surface area (Å²) in [6.45, 7) is 0. The first-order valence-electron chi connectivity index (χ1n) is 0. The molecule has 0 aromatic rings. The average Bonchev–Trinajstić information content (AvgIpc) is 0. The summed E-state index contributed by atoms with van der Waals surface area (Å²) in [7, 11) is 0. The third-order valence-electron chi connectivity index (χ3n) is 0. The maximum atomic E-state index is 0. The second-order valence-electron chi connectivity index (χ2n) is 0. The van der Waals surface area contributed by atoms with E-state index in [2.05, 4.69) is 0 Å². The third-order valence-corrected chi connectivity index (χ3v) is 0. The molecule has 0 aliphatic carbocycles. The molecule has 0 amide bonds. The minimum absolute atomic E-state index is 0. The van der Waals surface area contributed by atoms with E-state index in [1.807, 2.05) is 0 Å². The van der Waals surface area contributed by atoms with E-state index >= 15 is 0 Å². The minimum Gasteiger partial charge on any atom is -2.00 e. The van der Waals surface area contributed by atoms with Gasteiger partial charge in [-0.2, -0.15) is 0 Å². The summed E-state index contributed by atoms with van der Waals surface area (Å²) in [4.78, 5) is 0. The largest absolute Gasteiger partial charge is 2.00 e. The van der Waals surface area contributed by atoms with Crippen molar-refractivity contribution in [1.82, 2.24) is 0 Å². The maximum Gasteiger partial charge on any atom is 2.00 e. The zero-order valence-electron chi connectivity index (χ0n) is 1.56. The van der Waals surface area contributed by atoms with E-state index < -0.39 is 0 Å². The second kappa shape index (κ2) is 19.7. The van der Waals surface area contributed by atoms with Crippen LogP contribution in [0.1, 0.15) is 0 Å². The molecular formula is CuFeOU. The van der Waals surface area contributed by atoms with E-state index in [0.717, 1.165) is 0 Å². The molecule has 0 N–H and O–H groups in total. The van der Waals surface area contributed by atoms with Crippen LogP contribution in [0.2, 0.25) is 0 Å². The Morgan fingerprint density at radius 2 is 1.00 bits per heavy atom. The smallest absolute Gasteiger partial charge is 2.00 e. The van der Waals surface area contributed by atoms with Crippen LogP contribution in [0.25, 0.3) is 0 Å². The topological polar surface area (TPSA) is 28.5 Å². The number of rotatable bonds is 0. The Labute approximate surface area is 69.9 Å². The second-order valence-corrected chi connectivity index (χ2v) is 0. The monoisotopic (exact) mass is 373 g/mol. The van der Waals surface area contributed by atoms with Crippen molar-refractivity contribution in [1.29, 1.82) is 0 Å². The van der Waals surface area contributed by atoms with Crippen molar-refractivity contribution < 1.29 is 70.7 Å². The molecule has 0 heterocycles. The first-order valence-corrected chi connectivity index (χ1v) is 0. The van der Waals surface area contributed by atoms with Gasteiger partial charge in [0.2, 0.25) is 0 Å². The minimum atomic E-state index is 0. The average molecular weight is 373 g/mol. The molecule has 0 aliphatic rings. The molecule has 0 spiro atoms. The zero-order valence-corrected chi connectivity index (χ0v) is 7.77. The van der Waals surface area contributed by atoms with Gasteiger partial charge in [-0.25, -0.2) is 0 Å². The van der Waals surface area contributed by atoms with E-state index in [1.165, 1.54) is 0 Å². The molecule has 0 saturated heterocycles. The fourth-order valence-corrected chi connectivity index (χ4v) is 0. The van der Waals surface area contributed by atoms with Gasteiger partial charge in [0.1, 0.15) is 0 Å². The van der Waals surface area contributed by atoms with Gasteiger partial charge in [0.15, 0.2) is 0 Å². The van der Waals surface area contributed by atoms with Crippen LogP contribution < -0.4 is 0 Å². The Hall–Kier alpha value is 2.05. The quantitative estimate of drug-likeness (QED) is 0.530. The van der Waals surface area contributed by atoms with Gasteiger partial charge in [0.05, 0.1) is 0 Å². The molecule has 1 nitrogen and oxygen atoms in total. The fraction of sp³-hybridized carbons (Fsp3) is 0. The van der Waals surface area contributed by atoms with Gasteiger partial charge in [-0.15, -0.1) is 0 Å². The Bertz CT molecular complexity index is 8.00. The van der Waals surface area contributed by atoms with Crippen LogP contribution in [0.3, 0.4) is 0 Å².